The van der Waals surface area contributed by atoms with Crippen LogP contribution in [0.15, 0.2) is 6.07 Å². The van der Waals surface area contributed by atoms with Crippen LogP contribution in [0.4, 0.5) is 5.82 Å². The highest BCUT2D eigenvalue weighted by Crippen LogP contribution is 2.28. The summed E-state index contributed by atoms with van der Waals surface area (Å²) in [5, 5.41) is 8.85. The maximum atomic E-state index is 11.7. The molecule has 21 heavy (non-hydrogen) atoms. The number of piperidine rings is 1. The summed E-state index contributed by atoms with van der Waals surface area (Å²) in [5.41, 5.74) is 7.63. The van der Waals surface area contributed by atoms with Gasteiger partial charge in [-0.2, -0.15) is 0 Å². The van der Waals surface area contributed by atoms with E-state index >= 15 is 0 Å². The minimum Gasteiger partial charge on any atom is -0.481 e. The lowest BCUT2D eigenvalue weighted by Gasteiger charge is -2.33. The Bertz CT molecular complexity index is 564. The summed E-state index contributed by atoms with van der Waals surface area (Å²) in [6.07, 6.45) is 1.79. The van der Waals surface area contributed by atoms with Crippen LogP contribution in [0, 0.1) is 19.8 Å². The number of aryl methyl sites for hydroxylation is 2. The first-order valence-corrected chi connectivity index (χ1v) is 7.13. The number of carbonyl (C=O) groups is 2. The van der Waals surface area contributed by atoms with E-state index in [0.717, 1.165) is 24.1 Å². The number of nitrogens with two attached hydrogens (primary N) is 1. The number of nitrogens with zero attached hydrogens (tertiary/aromatic N) is 2. The average Bonchev–Trinajstić information content (AvgIpc) is 2.37. The number of pyridine rings is 1. The third-order valence-electron chi connectivity index (χ3n) is 3.95. The molecule has 1 aliphatic rings. The molecule has 6 heteroatoms. The highest BCUT2D eigenvalue weighted by molar-refractivity contribution is 5.99. The van der Waals surface area contributed by atoms with Crippen LogP contribution in [-0.2, 0) is 4.79 Å². The molecule has 2 heterocycles. The summed E-state index contributed by atoms with van der Waals surface area (Å²) in [6, 6.07) is 1.85. The minimum absolute atomic E-state index is 0.196. The van der Waals surface area contributed by atoms with E-state index in [2.05, 4.69) is 4.98 Å². The number of anilines is 1. The molecule has 0 radical (unpaired) electrons. The van der Waals surface area contributed by atoms with Gasteiger partial charge in [0.2, 0.25) is 0 Å². The second-order valence-corrected chi connectivity index (χ2v) is 5.67. The molecule has 0 spiro atoms. The maximum absolute atomic E-state index is 11.7. The van der Waals surface area contributed by atoms with Crippen LogP contribution >= 0.6 is 0 Å². The van der Waals surface area contributed by atoms with E-state index in [4.69, 9.17) is 10.8 Å². The zero-order valence-electron chi connectivity index (χ0n) is 12.4. The smallest absolute Gasteiger partial charge is 0.303 e. The molecule has 1 saturated heterocycles. The molecule has 0 aromatic carbocycles. The fourth-order valence-corrected chi connectivity index (χ4v) is 2.95. The van der Waals surface area contributed by atoms with E-state index in [0.29, 0.717) is 24.5 Å². The van der Waals surface area contributed by atoms with Gasteiger partial charge in [0.05, 0.1) is 5.56 Å². The fourth-order valence-electron chi connectivity index (χ4n) is 2.95. The third kappa shape index (κ3) is 3.51. The Hall–Kier alpha value is -2.11. The fraction of sp³-hybridized carbons (Fsp3) is 0.533. The van der Waals surface area contributed by atoms with Crippen molar-refractivity contribution in [3.63, 3.8) is 0 Å². The topological polar surface area (TPSA) is 96.5 Å². The molecule has 6 nitrogen and oxygen atoms in total. The zero-order valence-corrected chi connectivity index (χ0v) is 12.4. The lowest BCUT2D eigenvalue weighted by Crippen LogP contribution is -2.36. The summed E-state index contributed by atoms with van der Waals surface area (Å²) in [4.78, 5) is 29.0. The van der Waals surface area contributed by atoms with Crippen LogP contribution in [0.5, 0.6) is 0 Å². The minimum atomic E-state index is -0.754. The molecule has 2 rings (SSSR count). The number of rotatable bonds is 4. The molecule has 1 aliphatic heterocycles. The molecule has 0 atom stereocenters. The zero-order chi connectivity index (χ0) is 15.6. The summed E-state index contributed by atoms with van der Waals surface area (Å²) in [6.45, 7) is 5.15. The van der Waals surface area contributed by atoms with Crippen molar-refractivity contribution < 1.29 is 14.7 Å². The quantitative estimate of drug-likeness (QED) is 0.876. The molecule has 114 valence electrons. The van der Waals surface area contributed by atoms with Crippen LogP contribution in [0.2, 0.25) is 0 Å². The van der Waals surface area contributed by atoms with Gasteiger partial charge >= 0.3 is 5.97 Å². The first-order chi connectivity index (χ1) is 9.88. The van der Waals surface area contributed by atoms with Gasteiger partial charge in [0.15, 0.2) is 0 Å². The van der Waals surface area contributed by atoms with E-state index < -0.39 is 11.9 Å². The Morgan fingerprint density at radius 2 is 2.00 bits per heavy atom. The number of primary amides is 1. The number of carboxylic acids is 1. The van der Waals surface area contributed by atoms with Gasteiger partial charge in [0.25, 0.3) is 5.91 Å². The van der Waals surface area contributed by atoms with Crippen molar-refractivity contribution in [2.24, 2.45) is 11.7 Å². The second kappa shape index (κ2) is 6.11. The molecule has 3 N–H and O–H groups in total. The Labute approximate surface area is 124 Å². The standard InChI is InChI=1S/C15H21N3O3/c1-9-7-10(2)17-15(13(9)14(16)21)18-5-3-11(4-6-18)8-12(19)20/h7,11H,3-6,8H2,1-2H3,(H2,16,21)(H,19,20). The summed E-state index contributed by atoms with van der Waals surface area (Å²) in [5.74, 6) is -0.395. The van der Waals surface area contributed by atoms with Crippen molar-refractivity contribution in [3.8, 4) is 0 Å². The third-order valence-corrected chi connectivity index (χ3v) is 3.95. The first kappa shape index (κ1) is 15.3. The number of hydrogen-bond acceptors (Lipinski definition) is 4. The number of hydrogen-bond donors (Lipinski definition) is 2. The highest BCUT2D eigenvalue weighted by atomic mass is 16.4. The van der Waals surface area contributed by atoms with E-state index in [1.54, 1.807) is 0 Å². The van der Waals surface area contributed by atoms with Crippen molar-refractivity contribution in [1.82, 2.24) is 4.98 Å². The van der Waals surface area contributed by atoms with Crippen molar-refractivity contribution in [1.29, 1.82) is 0 Å². The van der Waals surface area contributed by atoms with Gasteiger partial charge in [-0.15, -0.1) is 0 Å². The molecule has 1 amide bonds. The Balaban J connectivity index is 2.20. The molecule has 0 unspecified atom stereocenters. The largest absolute Gasteiger partial charge is 0.481 e. The molecule has 1 aromatic rings. The van der Waals surface area contributed by atoms with Crippen molar-refractivity contribution >= 4 is 17.7 Å². The van der Waals surface area contributed by atoms with Gasteiger partial charge in [0, 0.05) is 25.2 Å². The van der Waals surface area contributed by atoms with E-state index in [9.17, 15) is 9.59 Å². The Morgan fingerprint density at radius 1 is 1.38 bits per heavy atom. The van der Waals surface area contributed by atoms with E-state index in [1.807, 2.05) is 24.8 Å². The lowest BCUT2D eigenvalue weighted by molar-refractivity contribution is -0.138. The predicted molar refractivity (Wildman–Crippen MR) is 79.4 cm³/mol. The van der Waals surface area contributed by atoms with Crippen LogP contribution in [0.3, 0.4) is 0 Å². The SMILES string of the molecule is Cc1cc(C)c(C(N)=O)c(N2CCC(CC(=O)O)CC2)n1. The Morgan fingerprint density at radius 3 is 2.52 bits per heavy atom. The predicted octanol–water partition coefficient (Wildman–Crippen LogP) is 1.49. The van der Waals surface area contributed by atoms with Gasteiger partial charge in [0.1, 0.15) is 5.82 Å². The van der Waals surface area contributed by atoms with Gasteiger partial charge in [-0.25, -0.2) is 4.98 Å². The van der Waals surface area contributed by atoms with E-state index in [1.165, 1.54) is 0 Å². The van der Waals surface area contributed by atoms with Crippen molar-refractivity contribution in [2.75, 3.05) is 18.0 Å². The number of carbonyl (C=O) groups excluding carboxylic acids is 1. The monoisotopic (exact) mass is 291 g/mol. The molecular weight excluding hydrogens is 270 g/mol. The highest BCUT2D eigenvalue weighted by Gasteiger charge is 2.25. The average molecular weight is 291 g/mol. The summed E-state index contributed by atoms with van der Waals surface area (Å²) < 4.78 is 0. The molecule has 1 aromatic heterocycles. The van der Waals surface area contributed by atoms with Crippen LogP contribution in [-0.4, -0.2) is 35.1 Å². The molecule has 1 fully saturated rings. The second-order valence-electron chi connectivity index (χ2n) is 5.67. The summed E-state index contributed by atoms with van der Waals surface area (Å²) in [7, 11) is 0. The van der Waals surface area contributed by atoms with Crippen molar-refractivity contribution in [3.05, 3.63) is 22.9 Å². The van der Waals surface area contributed by atoms with Gasteiger partial charge in [-0.05, 0) is 44.2 Å². The van der Waals surface area contributed by atoms with Crippen molar-refractivity contribution in [2.45, 2.75) is 33.1 Å². The first-order valence-electron chi connectivity index (χ1n) is 7.13. The number of amides is 1. The summed E-state index contributed by atoms with van der Waals surface area (Å²) >= 11 is 0. The molecule has 0 bridgehead atoms. The van der Waals surface area contributed by atoms with Gasteiger partial charge in [-0.3, -0.25) is 9.59 Å². The lowest BCUT2D eigenvalue weighted by atomic mass is 9.93. The maximum Gasteiger partial charge on any atom is 0.303 e. The number of aliphatic carboxylic acids is 1. The Kier molecular flexibility index (Phi) is 4.45. The normalized spacial score (nSPS) is 16.0. The molecule has 0 aliphatic carbocycles. The molecule has 0 saturated carbocycles. The van der Waals surface area contributed by atoms with Crippen LogP contribution in [0.25, 0.3) is 0 Å². The van der Waals surface area contributed by atoms with Crippen LogP contribution in [0.1, 0.15) is 40.9 Å². The van der Waals surface area contributed by atoms with Gasteiger partial charge in [-0.1, -0.05) is 0 Å². The van der Waals surface area contributed by atoms with Gasteiger partial charge < -0.3 is 15.7 Å². The molecular formula is C15H21N3O3. The van der Waals surface area contributed by atoms with Crippen LogP contribution < -0.4 is 10.6 Å². The van der Waals surface area contributed by atoms with E-state index in [-0.39, 0.29) is 12.3 Å². The number of aromatic nitrogens is 1. The number of carboxylic acid groups (broad SMARTS) is 1.